The lowest BCUT2D eigenvalue weighted by molar-refractivity contribution is -0.0374. The Morgan fingerprint density at radius 1 is 1.47 bits per heavy atom. The van der Waals surface area contributed by atoms with Crippen molar-refractivity contribution in [1.29, 1.82) is 0 Å². The standard InChI is InChI=1S/C13H22N4OS/c1-16-4-5-18-13(8-16)9-17(6-11-2-3-11)7-12-10-19-15-14-12/h10-11,13H,2-9H2,1H3. The number of rotatable bonds is 6. The minimum Gasteiger partial charge on any atom is -0.374 e. The van der Waals surface area contributed by atoms with Gasteiger partial charge >= 0.3 is 0 Å². The van der Waals surface area contributed by atoms with Crippen LogP contribution in [0.15, 0.2) is 5.38 Å². The minimum absolute atomic E-state index is 0.337. The SMILES string of the molecule is CN1CCOC(CN(Cc2csnn2)CC2CC2)C1. The predicted octanol–water partition coefficient (Wildman–Crippen LogP) is 1.08. The Bertz CT molecular complexity index is 382. The van der Waals surface area contributed by atoms with Gasteiger partial charge in [-0.1, -0.05) is 4.49 Å². The van der Waals surface area contributed by atoms with Gasteiger partial charge < -0.3 is 9.64 Å². The summed E-state index contributed by atoms with van der Waals surface area (Å²) in [6.45, 7) is 6.05. The van der Waals surface area contributed by atoms with Gasteiger partial charge in [0.1, 0.15) is 0 Å². The van der Waals surface area contributed by atoms with Gasteiger partial charge in [0, 0.05) is 38.1 Å². The van der Waals surface area contributed by atoms with E-state index < -0.39 is 0 Å². The zero-order valence-corrected chi connectivity index (χ0v) is 12.3. The van der Waals surface area contributed by atoms with Crippen molar-refractivity contribution in [3.8, 4) is 0 Å². The molecule has 5 nitrogen and oxygen atoms in total. The summed E-state index contributed by atoms with van der Waals surface area (Å²) in [6, 6.07) is 0. The average molecular weight is 282 g/mol. The maximum atomic E-state index is 5.88. The lowest BCUT2D eigenvalue weighted by atomic mass is 10.2. The Labute approximate surface area is 118 Å². The van der Waals surface area contributed by atoms with Crippen LogP contribution < -0.4 is 0 Å². The third kappa shape index (κ3) is 4.21. The van der Waals surface area contributed by atoms with Gasteiger partial charge in [-0.05, 0) is 37.3 Å². The van der Waals surface area contributed by atoms with Gasteiger partial charge in [-0.25, -0.2) is 0 Å². The first-order valence-corrected chi connectivity index (χ1v) is 7.91. The Balaban J connectivity index is 1.55. The molecule has 19 heavy (non-hydrogen) atoms. The van der Waals surface area contributed by atoms with Crippen molar-refractivity contribution in [2.45, 2.75) is 25.5 Å². The highest BCUT2D eigenvalue weighted by atomic mass is 32.1. The van der Waals surface area contributed by atoms with E-state index >= 15 is 0 Å². The molecular formula is C13H22N4OS. The molecule has 0 aromatic carbocycles. The average Bonchev–Trinajstić information content (AvgIpc) is 3.03. The summed E-state index contributed by atoms with van der Waals surface area (Å²) >= 11 is 1.44. The molecule has 1 atom stereocenters. The van der Waals surface area contributed by atoms with Crippen LogP contribution in [0, 0.1) is 5.92 Å². The fourth-order valence-electron chi connectivity index (χ4n) is 2.62. The van der Waals surface area contributed by atoms with Crippen molar-refractivity contribution >= 4 is 11.5 Å². The summed E-state index contributed by atoms with van der Waals surface area (Å²) in [5.41, 5.74) is 1.09. The van der Waals surface area contributed by atoms with Crippen LogP contribution >= 0.6 is 11.5 Å². The first kappa shape index (κ1) is 13.4. The van der Waals surface area contributed by atoms with E-state index in [1.807, 2.05) is 5.38 Å². The smallest absolute Gasteiger partial charge is 0.0895 e. The molecule has 1 saturated heterocycles. The monoisotopic (exact) mass is 282 g/mol. The fraction of sp³-hybridized carbons (Fsp3) is 0.846. The molecule has 1 aliphatic heterocycles. The molecular weight excluding hydrogens is 260 g/mol. The maximum Gasteiger partial charge on any atom is 0.0895 e. The third-order valence-corrected chi connectivity index (χ3v) is 4.36. The fourth-order valence-corrected chi connectivity index (χ4v) is 3.06. The zero-order chi connectivity index (χ0) is 13.1. The number of hydrogen-bond acceptors (Lipinski definition) is 6. The van der Waals surface area contributed by atoms with E-state index in [9.17, 15) is 0 Å². The lowest BCUT2D eigenvalue weighted by Crippen LogP contribution is -2.46. The number of hydrogen-bond donors (Lipinski definition) is 0. The van der Waals surface area contributed by atoms with Crippen molar-refractivity contribution in [1.82, 2.24) is 19.4 Å². The van der Waals surface area contributed by atoms with Gasteiger partial charge in [-0.2, -0.15) is 0 Å². The van der Waals surface area contributed by atoms with Crippen LogP contribution in [0.5, 0.6) is 0 Å². The molecule has 106 valence electrons. The van der Waals surface area contributed by atoms with Gasteiger partial charge in [0.2, 0.25) is 0 Å². The van der Waals surface area contributed by atoms with E-state index in [4.69, 9.17) is 4.74 Å². The van der Waals surface area contributed by atoms with Gasteiger partial charge in [-0.3, -0.25) is 4.90 Å². The molecule has 2 fully saturated rings. The van der Waals surface area contributed by atoms with E-state index in [-0.39, 0.29) is 0 Å². The summed E-state index contributed by atoms with van der Waals surface area (Å²) < 4.78 is 9.84. The van der Waals surface area contributed by atoms with E-state index in [0.29, 0.717) is 6.10 Å². The Kier molecular flexibility index (Phi) is 4.42. The van der Waals surface area contributed by atoms with Crippen molar-refractivity contribution in [2.75, 3.05) is 39.8 Å². The van der Waals surface area contributed by atoms with E-state index in [1.165, 1.54) is 30.9 Å². The highest BCUT2D eigenvalue weighted by molar-refractivity contribution is 7.03. The van der Waals surface area contributed by atoms with Crippen molar-refractivity contribution < 1.29 is 4.74 Å². The van der Waals surface area contributed by atoms with E-state index in [1.54, 1.807) is 0 Å². The Morgan fingerprint density at radius 2 is 2.37 bits per heavy atom. The summed E-state index contributed by atoms with van der Waals surface area (Å²) in [4.78, 5) is 4.85. The third-order valence-electron chi connectivity index (χ3n) is 3.81. The zero-order valence-electron chi connectivity index (χ0n) is 11.5. The summed E-state index contributed by atoms with van der Waals surface area (Å²) in [5, 5.41) is 6.22. The Morgan fingerprint density at radius 3 is 3.05 bits per heavy atom. The molecule has 0 amide bonds. The number of nitrogens with zero attached hydrogens (tertiary/aromatic N) is 4. The number of ether oxygens (including phenoxy) is 1. The van der Waals surface area contributed by atoms with Gasteiger partial charge in [-0.15, -0.1) is 5.10 Å². The minimum atomic E-state index is 0.337. The molecule has 6 heteroatoms. The van der Waals surface area contributed by atoms with Crippen molar-refractivity contribution in [2.24, 2.45) is 5.92 Å². The molecule has 2 heterocycles. The molecule has 1 aliphatic carbocycles. The molecule has 0 spiro atoms. The number of morpholine rings is 1. The van der Waals surface area contributed by atoms with Crippen LogP contribution in [0.2, 0.25) is 0 Å². The summed E-state index contributed by atoms with van der Waals surface area (Å²) in [7, 11) is 2.17. The van der Waals surface area contributed by atoms with Crippen LogP contribution in [-0.2, 0) is 11.3 Å². The van der Waals surface area contributed by atoms with Crippen LogP contribution in [-0.4, -0.2) is 65.3 Å². The predicted molar refractivity (Wildman–Crippen MR) is 75.1 cm³/mol. The highest BCUT2D eigenvalue weighted by Crippen LogP contribution is 2.30. The van der Waals surface area contributed by atoms with Crippen LogP contribution in [0.4, 0.5) is 0 Å². The highest BCUT2D eigenvalue weighted by Gasteiger charge is 2.27. The first-order chi connectivity index (χ1) is 9.29. The van der Waals surface area contributed by atoms with Crippen molar-refractivity contribution in [3.05, 3.63) is 11.1 Å². The topological polar surface area (TPSA) is 41.5 Å². The van der Waals surface area contributed by atoms with Gasteiger partial charge in [0.05, 0.1) is 18.4 Å². The molecule has 1 unspecified atom stereocenters. The summed E-state index contributed by atoms with van der Waals surface area (Å²) in [6.07, 6.45) is 3.11. The van der Waals surface area contributed by atoms with Crippen LogP contribution in [0.25, 0.3) is 0 Å². The molecule has 0 bridgehead atoms. The molecule has 1 aromatic heterocycles. The van der Waals surface area contributed by atoms with Crippen molar-refractivity contribution in [3.63, 3.8) is 0 Å². The number of aromatic nitrogens is 2. The second-order valence-corrected chi connectivity index (χ2v) is 6.40. The molecule has 0 N–H and O–H groups in total. The lowest BCUT2D eigenvalue weighted by Gasteiger charge is -2.33. The largest absolute Gasteiger partial charge is 0.374 e. The molecule has 3 rings (SSSR count). The Hall–Kier alpha value is -0.560. The van der Waals surface area contributed by atoms with Crippen LogP contribution in [0.1, 0.15) is 18.5 Å². The first-order valence-electron chi connectivity index (χ1n) is 7.08. The maximum absolute atomic E-state index is 5.88. The molecule has 1 aromatic rings. The number of likely N-dealkylation sites (N-methyl/N-ethyl adjacent to an activating group) is 1. The second-order valence-electron chi connectivity index (χ2n) is 5.79. The second kappa shape index (κ2) is 6.26. The van der Waals surface area contributed by atoms with E-state index in [0.717, 1.165) is 44.4 Å². The summed E-state index contributed by atoms with van der Waals surface area (Å²) in [5.74, 6) is 0.896. The normalized spacial score (nSPS) is 25.1. The molecule has 1 saturated carbocycles. The van der Waals surface area contributed by atoms with Crippen LogP contribution in [0.3, 0.4) is 0 Å². The van der Waals surface area contributed by atoms with Gasteiger partial charge in [0.15, 0.2) is 0 Å². The molecule has 0 radical (unpaired) electrons. The molecule has 2 aliphatic rings. The van der Waals surface area contributed by atoms with Gasteiger partial charge in [0.25, 0.3) is 0 Å². The quantitative estimate of drug-likeness (QED) is 0.781. The van der Waals surface area contributed by atoms with E-state index in [2.05, 4.69) is 26.4 Å².